The third-order valence-corrected chi connectivity index (χ3v) is 3.92. The molecule has 1 N–H and O–H groups in total. The quantitative estimate of drug-likeness (QED) is 0.787. The molecule has 20 heavy (non-hydrogen) atoms. The lowest BCUT2D eigenvalue weighted by Gasteiger charge is -1.95. The predicted octanol–water partition coefficient (Wildman–Crippen LogP) is 1.61. The third kappa shape index (κ3) is 1.86. The number of anilines is 1. The van der Waals surface area contributed by atoms with Gasteiger partial charge in [0, 0.05) is 12.0 Å². The van der Waals surface area contributed by atoms with E-state index in [0.717, 1.165) is 18.7 Å². The van der Waals surface area contributed by atoms with Crippen molar-refractivity contribution < 1.29 is 9.32 Å². The highest BCUT2D eigenvalue weighted by Gasteiger charge is 2.30. The zero-order valence-electron chi connectivity index (χ0n) is 10.5. The van der Waals surface area contributed by atoms with Gasteiger partial charge in [0.1, 0.15) is 5.76 Å². The summed E-state index contributed by atoms with van der Waals surface area (Å²) in [4.78, 5) is 12.7. The number of carbonyl (C=O) groups excluding carboxylic acids is 1. The average molecular weight is 290 g/mol. The maximum absolute atomic E-state index is 12.1. The van der Waals surface area contributed by atoms with Crippen molar-refractivity contribution in [3.05, 3.63) is 22.7 Å². The SMILES string of the molecule is Cc1cc(NC(=O)c2nn3c(C4CC4)nnc3s2)no1. The summed E-state index contributed by atoms with van der Waals surface area (Å²) >= 11 is 1.21. The van der Waals surface area contributed by atoms with Gasteiger partial charge in [0.25, 0.3) is 5.91 Å². The minimum Gasteiger partial charge on any atom is -0.360 e. The molecule has 3 aromatic rings. The van der Waals surface area contributed by atoms with Gasteiger partial charge >= 0.3 is 0 Å². The first-order chi connectivity index (χ1) is 9.70. The molecular weight excluding hydrogens is 280 g/mol. The van der Waals surface area contributed by atoms with Gasteiger partial charge in [-0.15, -0.1) is 15.3 Å². The molecule has 1 amide bonds. The molecule has 1 saturated carbocycles. The number of amides is 1. The maximum Gasteiger partial charge on any atom is 0.287 e. The van der Waals surface area contributed by atoms with Crippen LogP contribution in [0.15, 0.2) is 10.6 Å². The highest BCUT2D eigenvalue weighted by Crippen LogP contribution is 2.39. The Hall–Kier alpha value is -2.29. The standard InChI is InChI=1S/C11H10N6O2S/c1-5-4-7(16-19-5)12-9(18)10-15-17-8(6-2-3-6)13-14-11(17)20-10/h4,6H,2-3H2,1H3,(H,12,16,18). The van der Waals surface area contributed by atoms with E-state index in [1.807, 2.05) is 0 Å². The molecule has 0 aromatic carbocycles. The molecule has 1 aliphatic rings. The predicted molar refractivity (Wildman–Crippen MR) is 69.8 cm³/mol. The Bertz CT molecular complexity index is 799. The first kappa shape index (κ1) is 11.5. The van der Waals surface area contributed by atoms with E-state index in [1.54, 1.807) is 17.5 Å². The number of aryl methyl sites for hydroxylation is 1. The van der Waals surface area contributed by atoms with Gasteiger partial charge in [-0.25, -0.2) is 0 Å². The van der Waals surface area contributed by atoms with Crippen LogP contribution in [0.25, 0.3) is 4.96 Å². The first-order valence-corrected chi connectivity index (χ1v) is 6.99. The molecule has 0 atom stereocenters. The average Bonchev–Trinajstić information content (AvgIpc) is 2.85. The minimum absolute atomic E-state index is 0.324. The van der Waals surface area contributed by atoms with Crippen LogP contribution in [0, 0.1) is 6.92 Å². The van der Waals surface area contributed by atoms with Gasteiger partial charge in [0.2, 0.25) is 9.97 Å². The van der Waals surface area contributed by atoms with Gasteiger partial charge in [0.05, 0.1) is 0 Å². The van der Waals surface area contributed by atoms with Crippen LogP contribution in [0.2, 0.25) is 0 Å². The monoisotopic (exact) mass is 290 g/mol. The van der Waals surface area contributed by atoms with E-state index < -0.39 is 0 Å². The Labute approximate surface area is 116 Å². The summed E-state index contributed by atoms with van der Waals surface area (Å²) in [6, 6.07) is 1.65. The molecule has 3 heterocycles. The largest absolute Gasteiger partial charge is 0.360 e. The molecule has 102 valence electrons. The van der Waals surface area contributed by atoms with Gasteiger partial charge in [-0.1, -0.05) is 16.5 Å². The van der Waals surface area contributed by atoms with E-state index in [2.05, 4.69) is 25.8 Å². The molecule has 0 spiro atoms. The summed E-state index contributed by atoms with van der Waals surface area (Å²) in [5, 5.41) is 19.1. The summed E-state index contributed by atoms with van der Waals surface area (Å²) in [7, 11) is 0. The van der Waals surface area contributed by atoms with Crippen LogP contribution in [0.5, 0.6) is 0 Å². The van der Waals surface area contributed by atoms with Crippen molar-refractivity contribution in [1.29, 1.82) is 0 Å². The number of nitrogens with one attached hydrogen (secondary N) is 1. The molecule has 1 fully saturated rings. The second-order valence-electron chi connectivity index (χ2n) is 4.71. The molecule has 0 bridgehead atoms. The Kier molecular flexibility index (Phi) is 2.36. The zero-order chi connectivity index (χ0) is 13.7. The van der Waals surface area contributed by atoms with E-state index in [0.29, 0.717) is 27.5 Å². The molecule has 3 aromatic heterocycles. The van der Waals surface area contributed by atoms with Crippen molar-refractivity contribution in [2.45, 2.75) is 25.7 Å². The van der Waals surface area contributed by atoms with E-state index in [4.69, 9.17) is 4.52 Å². The zero-order valence-corrected chi connectivity index (χ0v) is 11.3. The molecule has 9 heteroatoms. The molecule has 0 aliphatic heterocycles. The molecule has 8 nitrogen and oxygen atoms in total. The van der Waals surface area contributed by atoms with E-state index in [1.165, 1.54) is 11.3 Å². The van der Waals surface area contributed by atoms with Gasteiger partial charge in [-0.05, 0) is 19.8 Å². The number of hydrogen-bond donors (Lipinski definition) is 1. The van der Waals surface area contributed by atoms with Crippen molar-refractivity contribution in [3.8, 4) is 0 Å². The third-order valence-electron chi connectivity index (χ3n) is 3.02. The fourth-order valence-corrected chi connectivity index (χ4v) is 2.66. The van der Waals surface area contributed by atoms with Crippen LogP contribution in [0.1, 0.15) is 40.1 Å². The van der Waals surface area contributed by atoms with E-state index in [9.17, 15) is 4.79 Å². The van der Waals surface area contributed by atoms with Gasteiger partial charge in [-0.3, -0.25) is 4.79 Å². The Balaban J connectivity index is 1.62. The molecular formula is C11H10N6O2S. The van der Waals surface area contributed by atoms with Gasteiger partial charge in [-0.2, -0.15) is 4.52 Å². The van der Waals surface area contributed by atoms with Crippen molar-refractivity contribution >= 4 is 28.0 Å². The van der Waals surface area contributed by atoms with Crippen molar-refractivity contribution in [1.82, 2.24) is 25.0 Å². The number of fused-ring (bicyclic) bond motifs is 1. The lowest BCUT2D eigenvalue weighted by Crippen LogP contribution is -2.12. The van der Waals surface area contributed by atoms with Crippen molar-refractivity contribution in [2.75, 3.05) is 5.32 Å². The van der Waals surface area contributed by atoms with Gasteiger partial charge < -0.3 is 9.84 Å². The maximum atomic E-state index is 12.1. The smallest absolute Gasteiger partial charge is 0.287 e. The Morgan fingerprint density at radius 2 is 2.35 bits per heavy atom. The number of aromatic nitrogens is 5. The summed E-state index contributed by atoms with van der Waals surface area (Å²) in [6.07, 6.45) is 2.22. The van der Waals surface area contributed by atoms with Crippen molar-refractivity contribution in [2.24, 2.45) is 0 Å². The van der Waals surface area contributed by atoms with Crippen LogP contribution in [-0.2, 0) is 0 Å². The normalized spacial score (nSPS) is 14.8. The number of nitrogens with zero attached hydrogens (tertiary/aromatic N) is 5. The van der Waals surface area contributed by atoms with Crippen LogP contribution in [0.4, 0.5) is 5.82 Å². The van der Waals surface area contributed by atoms with Gasteiger partial charge in [0.15, 0.2) is 11.6 Å². The molecule has 1 aliphatic carbocycles. The Morgan fingerprint density at radius 1 is 1.50 bits per heavy atom. The highest BCUT2D eigenvalue weighted by atomic mass is 32.1. The minimum atomic E-state index is -0.324. The Morgan fingerprint density at radius 3 is 3.05 bits per heavy atom. The fraction of sp³-hybridized carbons (Fsp3) is 0.364. The van der Waals surface area contributed by atoms with Crippen LogP contribution in [0.3, 0.4) is 0 Å². The van der Waals surface area contributed by atoms with Crippen LogP contribution < -0.4 is 5.32 Å². The highest BCUT2D eigenvalue weighted by molar-refractivity contribution is 7.18. The van der Waals surface area contributed by atoms with Crippen LogP contribution in [-0.4, -0.2) is 30.9 Å². The lowest BCUT2D eigenvalue weighted by molar-refractivity contribution is 0.102. The summed E-state index contributed by atoms with van der Waals surface area (Å²) in [6.45, 7) is 1.76. The van der Waals surface area contributed by atoms with E-state index in [-0.39, 0.29) is 5.91 Å². The fourth-order valence-electron chi connectivity index (χ4n) is 1.92. The molecule has 0 saturated heterocycles. The summed E-state index contributed by atoms with van der Waals surface area (Å²) in [5.74, 6) is 1.96. The molecule has 4 rings (SSSR count). The number of rotatable bonds is 3. The number of hydrogen-bond acceptors (Lipinski definition) is 7. The molecule has 0 unspecified atom stereocenters. The number of carbonyl (C=O) groups is 1. The van der Waals surface area contributed by atoms with Crippen LogP contribution >= 0.6 is 11.3 Å². The second-order valence-corrected chi connectivity index (χ2v) is 5.67. The molecule has 0 radical (unpaired) electrons. The topological polar surface area (TPSA) is 98.2 Å². The summed E-state index contributed by atoms with van der Waals surface area (Å²) in [5.41, 5.74) is 0. The summed E-state index contributed by atoms with van der Waals surface area (Å²) < 4.78 is 6.55. The van der Waals surface area contributed by atoms with Crippen molar-refractivity contribution in [3.63, 3.8) is 0 Å². The first-order valence-electron chi connectivity index (χ1n) is 6.17. The lowest BCUT2D eigenvalue weighted by atomic mass is 10.4. The van der Waals surface area contributed by atoms with E-state index >= 15 is 0 Å². The second kappa shape index (κ2) is 4.10.